The molecule has 3 aromatic rings. The van der Waals surface area contributed by atoms with Crippen molar-refractivity contribution in [1.82, 2.24) is 0 Å². The molecule has 0 aromatic heterocycles. The van der Waals surface area contributed by atoms with Gasteiger partial charge >= 0.3 is 12.1 Å². The molecular formula is C28H34N4O2. The number of rotatable bonds is 4. The summed E-state index contributed by atoms with van der Waals surface area (Å²) in [6, 6.07) is 21.9. The van der Waals surface area contributed by atoms with Gasteiger partial charge in [0.25, 0.3) is 0 Å². The van der Waals surface area contributed by atoms with Crippen LogP contribution in [0.25, 0.3) is 0 Å². The summed E-state index contributed by atoms with van der Waals surface area (Å²) in [5, 5.41) is 11.2. The third-order valence-electron chi connectivity index (χ3n) is 5.42. The van der Waals surface area contributed by atoms with Crippen molar-refractivity contribution in [3.63, 3.8) is 0 Å². The summed E-state index contributed by atoms with van der Waals surface area (Å²) in [6.45, 7) is 12.9. The molecule has 0 saturated carbocycles. The van der Waals surface area contributed by atoms with Gasteiger partial charge in [-0.3, -0.25) is 0 Å². The highest BCUT2D eigenvalue weighted by molar-refractivity contribution is 6.01. The highest BCUT2D eigenvalue weighted by Gasteiger charge is 2.14. The lowest BCUT2D eigenvalue weighted by Crippen LogP contribution is -2.20. The molecule has 0 bridgehead atoms. The Balaban J connectivity index is 1.50. The number of hydrogen-bond acceptors (Lipinski definition) is 2. The second-order valence-corrected chi connectivity index (χ2v) is 10.4. The molecule has 3 rings (SSSR count). The fourth-order valence-electron chi connectivity index (χ4n) is 3.33. The number of hydrogen-bond donors (Lipinski definition) is 4. The summed E-state index contributed by atoms with van der Waals surface area (Å²) >= 11 is 0. The minimum absolute atomic E-state index is 0.0599. The number of carbonyl (C=O) groups is 2. The molecule has 4 N–H and O–H groups in total. The van der Waals surface area contributed by atoms with Gasteiger partial charge in [0.1, 0.15) is 0 Å². The number of urea groups is 2. The minimum Gasteiger partial charge on any atom is -0.308 e. The molecule has 0 saturated heterocycles. The quantitative estimate of drug-likeness (QED) is 0.325. The summed E-state index contributed by atoms with van der Waals surface area (Å²) < 4.78 is 0. The number of benzene rings is 3. The van der Waals surface area contributed by atoms with E-state index in [2.05, 4.69) is 62.8 Å². The topological polar surface area (TPSA) is 82.3 Å². The fraction of sp³-hybridized carbons (Fsp3) is 0.286. The van der Waals surface area contributed by atoms with Crippen molar-refractivity contribution in [3.05, 3.63) is 83.9 Å². The first-order valence-corrected chi connectivity index (χ1v) is 11.4. The van der Waals surface area contributed by atoms with Crippen LogP contribution in [0.3, 0.4) is 0 Å². The number of nitrogens with one attached hydrogen (secondary N) is 4. The van der Waals surface area contributed by atoms with E-state index in [4.69, 9.17) is 0 Å². The lowest BCUT2D eigenvalue weighted by Gasteiger charge is -2.19. The first-order chi connectivity index (χ1) is 15.9. The van der Waals surface area contributed by atoms with E-state index >= 15 is 0 Å². The molecule has 0 spiro atoms. The Kier molecular flexibility index (Phi) is 7.30. The van der Waals surface area contributed by atoms with Gasteiger partial charge in [0, 0.05) is 22.7 Å². The average molecular weight is 459 g/mol. The Morgan fingerprint density at radius 2 is 0.647 bits per heavy atom. The van der Waals surface area contributed by atoms with Gasteiger partial charge in [0.2, 0.25) is 0 Å². The molecule has 0 heterocycles. The maximum Gasteiger partial charge on any atom is 0.323 e. The standard InChI is InChI=1S/C28H34N4O2/c1-27(2,3)19-7-11-21(12-8-19)29-25(33)31-23-15-17-24(18-16-23)32-26(34)30-22-13-9-20(10-14-22)28(4,5)6/h7-18H,1-6H3,(H2,29,31,33)(H2,30,32,34). The van der Waals surface area contributed by atoms with Crippen molar-refractivity contribution in [2.45, 2.75) is 52.4 Å². The van der Waals surface area contributed by atoms with Crippen LogP contribution in [0.15, 0.2) is 72.8 Å². The van der Waals surface area contributed by atoms with Crippen LogP contribution in [0.2, 0.25) is 0 Å². The van der Waals surface area contributed by atoms with E-state index in [0.29, 0.717) is 11.4 Å². The zero-order valence-electron chi connectivity index (χ0n) is 20.7. The van der Waals surface area contributed by atoms with Crippen LogP contribution in [0.5, 0.6) is 0 Å². The minimum atomic E-state index is -0.333. The molecule has 4 amide bonds. The van der Waals surface area contributed by atoms with E-state index in [0.717, 1.165) is 11.4 Å². The van der Waals surface area contributed by atoms with Gasteiger partial charge < -0.3 is 21.3 Å². The second-order valence-electron chi connectivity index (χ2n) is 10.4. The van der Waals surface area contributed by atoms with Crippen LogP contribution in [0.4, 0.5) is 32.3 Å². The molecule has 0 radical (unpaired) electrons. The number of anilines is 4. The summed E-state index contributed by atoms with van der Waals surface area (Å²) in [4.78, 5) is 24.6. The normalized spacial score (nSPS) is 11.5. The van der Waals surface area contributed by atoms with Crippen LogP contribution < -0.4 is 21.3 Å². The van der Waals surface area contributed by atoms with Crippen molar-refractivity contribution in [1.29, 1.82) is 0 Å². The summed E-state index contributed by atoms with van der Waals surface area (Å²) in [5.74, 6) is 0. The van der Waals surface area contributed by atoms with Gasteiger partial charge in [-0.15, -0.1) is 0 Å². The Labute approximate surface area is 202 Å². The van der Waals surface area contributed by atoms with E-state index in [-0.39, 0.29) is 22.9 Å². The predicted octanol–water partition coefficient (Wildman–Crippen LogP) is 7.57. The predicted molar refractivity (Wildman–Crippen MR) is 142 cm³/mol. The Hall–Kier alpha value is -3.80. The van der Waals surface area contributed by atoms with Crippen LogP contribution in [0.1, 0.15) is 52.7 Å². The van der Waals surface area contributed by atoms with Crippen LogP contribution in [0, 0.1) is 0 Å². The van der Waals surface area contributed by atoms with Gasteiger partial charge in [0.05, 0.1) is 0 Å². The first-order valence-electron chi connectivity index (χ1n) is 11.4. The van der Waals surface area contributed by atoms with Gasteiger partial charge in [-0.1, -0.05) is 65.8 Å². The van der Waals surface area contributed by atoms with Crippen molar-refractivity contribution >= 4 is 34.8 Å². The van der Waals surface area contributed by atoms with E-state index < -0.39 is 0 Å². The lowest BCUT2D eigenvalue weighted by atomic mass is 9.87. The van der Waals surface area contributed by atoms with E-state index in [1.54, 1.807) is 24.3 Å². The molecular weight excluding hydrogens is 424 g/mol. The molecule has 0 aliphatic rings. The molecule has 6 nitrogen and oxygen atoms in total. The molecule has 0 atom stereocenters. The second kappa shape index (κ2) is 10.00. The molecule has 178 valence electrons. The van der Waals surface area contributed by atoms with Crippen LogP contribution in [-0.2, 0) is 10.8 Å². The smallest absolute Gasteiger partial charge is 0.308 e. The number of amides is 4. The third-order valence-corrected chi connectivity index (χ3v) is 5.42. The molecule has 6 heteroatoms. The Bertz CT molecular complexity index is 1030. The van der Waals surface area contributed by atoms with Gasteiger partial charge in [-0.05, 0) is 70.5 Å². The number of carbonyl (C=O) groups excluding carboxylic acids is 2. The van der Waals surface area contributed by atoms with Crippen molar-refractivity contribution < 1.29 is 9.59 Å². The maximum atomic E-state index is 12.3. The average Bonchev–Trinajstić information content (AvgIpc) is 2.74. The van der Waals surface area contributed by atoms with Gasteiger partial charge in [-0.2, -0.15) is 0 Å². The molecule has 0 fully saturated rings. The van der Waals surface area contributed by atoms with E-state index in [9.17, 15) is 9.59 Å². The van der Waals surface area contributed by atoms with Crippen molar-refractivity contribution in [2.24, 2.45) is 0 Å². The van der Waals surface area contributed by atoms with Crippen molar-refractivity contribution in [2.75, 3.05) is 21.3 Å². The summed E-state index contributed by atoms with van der Waals surface area (Å²) in [5.41, 5.74) is 5.20. The third kappa shape index (κ3) is 7.10. The molecule has 0 aliphatic carbocycles. The monoisotopic (exact) mass is 458 g/mol. The fourth-order valence-corrected chi connectivity index (χ4v) is 3.33. The highest BCUT2D eigenvalue weighted by atomic mass is 16.2. The Morgan fingerprint density at radius 3 is 0.853 bits per heavy atom. The largest absolute Gasteiger partial charge is 0.323 e. The molecule has 34 heavy (non-hydrogen) atoms. The van der Waals surface area contributed by atoms with Crippen LogP contribution in [-0.4, -0.2) is 12.1 Å². The lowest BCUT2D eigenvalue weighted by molar-refractivity contribution is 0.261. The van der Waals surface area contributed by atoms with Gasteiger partial charge in [-0.25, -0.2) is 9.59 Å². The molecule has 0 unspecified atom stereocenters. The molecule has 3 aromatic carbocycles. The van der Waals surface area contributed by atoms with Crippen molar-refractivity contribution in [3.8, 4) is 0 Å². The molecule has 0 aliphatic heterocycles. The first kappa shape index (κ1) is 24.8. The van der Waals surface area contributed by atoms with Gasteiger partial charge in [0.15, 0.2) is 0 Å². The Morgan fingerprint density at radius 1 is 0.441 bits per heavy atom. The maximum absolute atomic E-state index is 12.3. The summed E-state index contributed by atoms with van der Waals surface area (Å²) in [7, 11) is 0. The SMILES string of the molecule is CC(C)(C)c1ccc(NC(=O)Nc2ccc(NC(=O)Nc3ccc(C(C)(C)C)cc3)cc2)cc1. The summed E-state index contributed by atoms with van der Waals surface area (Å²) in [6.07, 6.45) is 0. The zero-order valence-corrected chi connectivity index (χ0v) is 20.7. The highest BCUT2D eigenvalue weighted by Crippen LogP contribution is 2.25. The van der Waals surface area contributed by atoms with Crippen LogP contribution >= 0.6 is 0 Å². The zero-order chi connectivity index (χ0) is 24.9. The van der Waals surface area contributed by atoms with E-state index in [1.165, 1.54) is 11.1 Å². The van der Waals surface area contributed by atoms with E-state index in [1.807, 2.05) is 48.5 Å².